The largest absolute Gasteiger partial charge is 0.477 e. The Morgan fingerprint density at radius 2 is 1.32 bits per heavy atom. The second-order valence-electron chi connectivity index (χ2n) is 7.48. The number of nitrogens with zero attached hydrogens (tertiary/aromatic N) is 2. The van der Waals surface area contributed by atoms with Crippen LogP contribution in [-0.2, 0) is 19.3 Å². The summed E-state index contributed by atoms with van der Waals surface area (Å²) in [4.78, 5) is 31.6. The molecule has 0 radical (unpaired) electrons. The number of pyridine rings is 2. The van der Waals surface area contributed by atoms with E-state index in [4.69, 9.17) is 18.9 Å². The molecule has 0 fully saturated rings. The molecule has 0 aliphatic heterocycles. The van der Waals surface area contributed by atoms with Crippen LogP contribution in [0.5, 0.6) is 11.8 Å². The van der Waals surface area contributed by atoms with Gasteiger partial charge in [0.05, 0.1) is 32.2 Å². The Hall–Kier alpha value is -1.90. The van der Waals surface area contributed by atoms with E-state index in [1.165, 1.54) is 6.20 Å². The van der Waals surface area contributed by atoms with Crippen molar-refractivity contribution in [3.63, 3.8) is 0 Å². The minimum absolute atomic E-state index is 0.0261. The number of carbonyl (C=O) groups excluding carboxylic acids is 2. The third-order valence-corrected chi connectivity index (χ3v) is 6.85. The van der Waals surface area contributed by atoms with E-state index >= 15 is 0 Å². The number of thioether (sulfide) groups is 1. The molecule has 0 bridgehead atoms. The Labute approximate surface area is 244 Å². The first-order valence-corrected chi connectivity index (χ1v) is 16.6. The number of hydrogen-bond acceptors (Lipinski definition) is 11. The summed E-state index contributed by atoms with van der Waals surface area (Å²) in [7, 11) is -3.02. The molecule has 2 aromatic rings. The molecule has 0 spiro atoms. The van der Waals surface area contributed by atoms with Gasteiger partial charge < -0.3 is 18.9 Å². The molecule has 2 heterocycles. The first-order valence-electron chi connectivity index (χ1n) is 11.6. The molecule has 38 heavy (non-hydrogen) atoms. The van der Waals surface area contributed by atoms with Crippen molar-refractivity contribution in [3.8, 4) is 11.8 Å². The first-order chi connectivity index (χ1) is 18.0. The Morgan fingerprint density at radius 1 is 0.868 bits per heavy atom. The summed E-state index contributed by atoms with van der Waals surface area (Å²) >= 11 is 8.26. The fraction of sp³-hybridized carbons (Fsp3) is 0.500. The fourth-order valence-electron chi connectivity index (χ4n) is 2.66. The molecule has 0 aliphatic rings. The third kappa shape index (κ3) is 13.8. The number of sulfone groups is 1. The van der Waals surface area contributed by atoms with Gasteiger partial charge in [-0.2, -0.15) is 11.8 Å². The minimum atomic E-state index is -3.02. The van der Waals surface area contributed by atoms with E-state index in [0.29, 0.717) is 35.6 Å². The van der Waals surface area contributed by atoms with Crippen molar-refractivity contribution >= 4 is 65.4 Å². The minimum Gasteiger partial charge on any atom is -0.477 e. The van der Waals surface area contributed by atoms with E-state index in [-0.39, 0.29) is 30.4 Å². The number of carbonyl (C=O) groups is 2. The molecule has 0 atom stereocenters. The molecule has 0 amide bonds. The van der Waals surface area contributed by atoms with E-state index < -0.39 is 21.8 Å². The summed E-state index contributed by atoms with van der Waals surface area (Å²) in [5, 5.41) is 0. The van der Waals surface area contributed by atoms with E-state index in [9.17, 15) is 18.0 Å². The second-order valence-corrected chi connectivity index (χ2v) is 12.6. The molecule has 2 rings (SSSR count). The van der Waals surface area contributed by atoms with Crippen molar-refractivity contribution in [1.29, 1.82) is 0 Å². The fourth-order valence-corrected chi connectivity index (χ4v) is 4.37. The number of hydrogen-bond donors (Lipinski definition) is 0. The van der Waals surface area contributed by atoms with Gasteiger partial charge in [0.15, 0.2) is 0 Å². The topological polar surface area (TPSA) is 131 Å². The highest BCUT2D eigenvalue weighted by Crippen LogP contribution is 2.22. The average molecular weight is 700 g/mol. The second kappa shape index (κ2) is 18.4. The predicted octanol–water partition coefficient (Wildman–Crippen LogP) is 4.99. The lowest BCUT2D eigenvalue weighted by molar-refractivity contribution is 0.0510. The van der Waals surface area contributed by atoms with Gasteiger partial charge in [0, 0.05) is 27.6 Å². The lowest BCUT2D eigenvalue weighted by Crippen LogP contribution is -2.12. The molecule has 10 nitrogen and oxygen atoms in total. The zero-order chi connectivity index (χ0) is 28.6. The van der Waals surface area contributed by atoms with E-state index in [1.54, 1.807) is 43.9 Å². The standard InChI is InChI=1S/C12H16BrNO5S.C12H16BrNO3S/c1-3-18-12(15)10-7-9(13)8-14-11(10)19-5-4-6-20(2,16)17;1-3-16-12(15)10-7-9(13)8-14-11(10)17-5-4-6-18-2/h7-8H,3-6H2,1-2H3;7-8H,3-6H2,1-2H3. The zero-order valence-electron chi connectivity index (χ0n) is 21.7. The van der Waals surface area contributed by atoms with Crippen LogP contribution in [0, 0.1) is 0 Å². The molecular formula is C24H32Br2N2O8S2. The van der Waals surface area contributed by atoms with Gasteiger partial charge in [-0.3, -0.25) is 0 Å². The van der Waals surface area contributed by atoms with Crippen LogP contribution in [0.2, 0.25) is 0 Å². The number of rotatable bonds is 14. The van der Waals surface area contributed by atoms with Crippen LogP contribution in [0.15, 0.2) is 33.5 Å². The van der Waals surface area contributed by atoms with Crippen LogP contribution in [0.4, 0.5) is 0 Å². The lowest BCUT2D eigenvalue weighted by Gasteiger charge is -2.09. The van der Waals surface area contributed by atoms with Gasteiger partial charge in [0.25, 0.3) is 0 Å². The molecule has 0 saturated heterocycles. The lowest BCUT2D eigenvalue weighted by atomic mass is 10.3. The SMILES string of the molecule is CCOC(=O)c1cc(Br)cnc1OCCCS(C)(=O)=O.CCOC(=O)c1cc(Br)cnc1OCCCSC. The Bertz CT molecular complexity index is 1150. The Balaban J connectivity index is 0.000000382. The van der Waals surface area contributed by atoms with Crippen molar-refractivity contribution < 1.29 is 37.0 Å². The summed E-state index contributed by atoms with van der Waals surface area (Å²) in [6.07, 6.45) is 7.55. The Morgan fingerprint density at radius 3 is 1.71 bits per heavy atom. The smallest absolute Gasteiger partial charge is 0.343 e. The van der Waals surface area contributed by atoms with Gasteiger partial charge in [-0.15, -0.1) is 0 Å². The molecule has 14 heteroatoms. The van der Waals surface area contributed by atoms with Crippen molar-refractivity contribution in [2.45, 2.75) is 26.7 Å². The van der Waals surface area contributed by atoms with Gasteiger partial charge in [0.1, 0.15) is 21.0 Å². The van der Waals surface area contributed by atoms with Crippen molar-refractivity contribution in [3.05, 3.63) is 44.6 Å². The third-order valence-electron chi connectivity index (χ3n) is 4.26. The maximum Gasteiger partial charge on any atom is 0.343 e. The highest BCUT2D eigenvalue weighted by atomic mass is 79.9. The van der Waals surface area contributed by atoms with E-state index in [0.717, 1.165) is 22.9 Å². The van der Waals surface area contributed by atoms with E-state index in [2.05, 4.69) is 41.8 Å². The van der Waals surface area contributed by atoms with Gasteiger partial charge in [-0.05, 0) is 82.7 Å². The summed E-state index contributed by atoms with van der Waals surface area (Å²) in [6, 6.07) is 3.21. The molecule has 0 aliphatic carbocycles. The summed E-state index contributed by atoms with van der Waals surface area (Å²) in [6.45, 7) is 4.75. The average Bonchev–Trinajstić information content (AvgIpc) is 2.86. The van der Waals surface area contributed by atoms with Crippen LogP contribution in [-0.4, -0.2) is 80.8 Å². The summed E-state index contributed by atoms with van der Waals surface area (Å²) < 4.78 is 44.1. The molecule has 0 unspecified atom stereocenters. The summed E-state index contributed by atoms with van der Waals surface area (Å²) in [5.74, 6) is 0.576. The van der Waals surface area contributed by atoms with Crippen LogP contribution in [0.1, 0.15) is 47.4 Å². The highest BCUT2D eigenvalue weighted by Gasteiger charge is 2.17. The van der Waals surface area contributed by atoms with Gasteiger partial charge in [-0.25, -0.2) is 28.0 Å². The number of halogens is 2. The van der Waals surface area contributed by atoms with Crippen LogP contribution >= 0.6 is 43.6 Å². The number of aromatic nitrogens is 2. The molecule has 0 saturated carbocycles. The monoisotopic (exact) mass is 698 g/mol. The zero-order valence-corrected chi connectivity index (χ0v) is 26.5. The van der Waals surface area contributed by atoms with Crippen LogP contribution in [0.3, 0.4) is 0 Å². The van der Waals surface area contributed by atoms with E-state index in [1.807, 2.05) is 6.26 Å². The molecule has 2 aromatic heterocycles. The predicted molar refractivity (Wildman–Crippen MR) is 154 cm³/mol. The van der Waals surface area contributed by atoms with Gasteiger partial charge >= 0.3 is 11.9 Å². The van der Waals surface area contributed by atoms with Crippen LogP contribution in [0.25, 0.3) is 0 Å². The quantitative estimate of drug-likeness (QED) is 0.195. The summed E-state index contributed by atoms with van der Waals surface area (Å²) in [5.41, 5.74) is 0.566. The van der Waals surface area contributed by atoms with Crippen molar-refractivity contribution in [2.75, 3.05) is 50.4 Å². The Kier molecular flexibility index (Phi) is 16.5. The first kappa shape index (κ1) is 34.1. The maximum absolute atomic E-state index is 11.8. The molecule has 0 aromatic carbocycles. The van der Waals surface area contributed by atoms with Crippen molar-refractivity contribution in [1.82, 2.24) is 9.97 Å². The van der Waals surface area contributed by atoms with Crippen LogP contribution < -0.4 is 9.47 Å². The molecular weight excluding hydrogens is 668 g/mol. The van der Waals surface area contributed by atoms with Gasteiger partial charge in [-0.1, -0.05) is 0 Å². The molecule has 212 valence electrons. The maximum atomic E-state index is 11.8. The highest BCUT2D eigenvalue weighted by molar-refractivity contribution is 9.10. The number of esters is 2. The number of ether oxygens (including phenoxy) is 4. The van der Waals surface area contributed by atoms with Crippen molar-refractivity contribution in [2.24, 2.45) is 0 Å². The normalized spacial score (nSPS) is 10.7. The molecule has 0 N–H and O–H groups in total. The van der Waals surface area contributed by atoms with Gasteiger partial charge in [0.2, 0.25) is 11.8 Å².